The van der Waals surface area contributed by atoms with E-state index in [-0.39, 0.29) is 11.8 Å². The number of aryl methyl sites for hydroxylation is 1. The second-order valence-electron chi connectivity index (χ2n) is 4.80. The maximum absolute atomic E-state index is 11.2. The molecule has 0 amide bonds. The Kier molecular flexibility index (Phi) is 2.50. The summed E-state index contributed by atoms with van der Waals surface area (Å²) in [5.41, 5.74) is 1.61. The van der Waals surface area contributed by atoms with Gasteiger partial charge in [-0.15, -0.1) is 10.2 Å². The largest absolute Gasteiger partial charge is 0.481 e. The normalized spacial score (nSPS) is 23.6. The number of fused-ring (bicyclic) bond motifs is 1. The van der Waals surface area contributed by atoms with E-state index in [1.807, 2.05) is 13.0 Å². The Bertz CT molecular complexity index is 607. The highest BCUT2D eigenvalue weighted by atomic mass is 16.4. The molecule has 2 heterocycles. The zero-order valence-electron chi connectivity index (χ0n) is 10.1. The lowest BCUT2D eigenvalue weighted by molar-refractivity contribution is -0.142. The van der Waals surface area contributed by atoms with Gasteiger partial charge in [-0.1, -0.05) is 6.42 Å². The lowest BCUT2D eigenvalue weighted by atomic mass is 9.95. The van der Waals surface area contributed by atoms with Crippen LogP contribution in [0.3, 0.4) is 0 Å². The minimum atomic E-state index is -0.741. The standard InChI is InChI=1S/C12H14N4O2/c1-7-5-10-14-15-11(16(10)6-13-7)8-3-2-4-9(8)12(17)18/h5-6,8-9H,2-4H2,1H3,(H,17,18). The molecule has 1 fully saturated rings. The van der Waals surface area contributed by atoms with Crippen molar-refractivity contribution < 1.29 is 9.90 Å². The van der Waals surface area contributed by atoms with Crippen LogP contribution in [0.1, 0.15) is 36.7 Å². The van der Waals surface area contributed by atoms with Crippen molar-refractivity contribution in [1.29, 1.82) is 0 Å². The Morgan fingerprint density at radius 1 is 1.44 bits per heavy atom. The van der Waals surface area contributed by atoms with Crippen molar-refractivity contribution in [2.24, 2.45) is 5.92 Å². The third-order valence-corrected chi connectivity index (χ3v) is 3.63. The number of aliphatic carboxylic acids is 1. The molecule has 2 unspecified atom stereocenters. The first-order valence-corrected chi connectivity index (χ1v) is 6.07. The van der Waals surface area contributed by atoms with E-state index in [0.29, 0.717) is 6.42 Å². The molecule has 3 rings (SSSR count). The van der Waals surface area contributed by atoms with Gasteiger partial charge in [-0.25, -0.2) is 4.98 Å². The van der Waals surface area contributed by atoms with Gasteiger partial charge in [0.25, 0.3) is 0 Å². The van der Waals surface area contributed by atoms with Gasteiger partial charge in [0.05, 0.1) is 5.92 Å². The summed E-state index contributed by atoms with van der Waals surface area (Å²) in [6.45, 7) is 1.89. The number of carboxylic acids is 1. The Morgan fingerprint density at radius 3 is 3.06 bits per heavy atom. The fraction of sp³-hybridized carbons (Fsp3) is 0.500. The van der Waals surface area contributed by atoms with Gasteiger partial charge in [0.1, 0.15) is 12.2 Å². The van der Waals surface area contributed by atoms with Crippen molar-refractivity contribution in [3.8, 4) is 0 Å². The summed E-state index contributed by atoms with van der Waals surface area (Å²) < 4.78 is 1.80. The summed E-state index contributed by atoms with van der Waals surface area (Å²) in [6.07, 6.45) is 4.17. The zero-order chi connectivity index (χ0) is 12.7. The predicted octanol–water partition coefficient (Wildman–Crippen LogP) is 1.40. The van der Waals surface area contributed by atoms with Crippen LogP contribution in [0.2, 0.25) is 0 Å². The zero-order valence-corrected chi connectivity index (χ0v) is 10.1. The molecule has 1 N–H and O–H groups in total. The molecule has 1 aliphatic carbocycles. The molecular weight excluding hydrogens is 232 g/mol. The molecule has 0 spiro atoms. The van der Waals surface area contributed by atoms with Crippen molar-refractivity contribution in [2.75, 3.05) is 0 Å². The molecule has 1 aliphatic rings. The van der Waals surface area contributed by atoms with Crippen molar-refractivity contribution in [1.82, 2.24) is 19.6 Å². The number of nitrogens with zero attached hydrogens (tertiary/aromatic N) is 4. The SMILES string of the molecule is Cc1cc2nnc(C3CCCC3C(=O)O)n2cn1. The van der Waals surface area contributed by atoms with E-state index in [2.05, 4.69) is 15.2 Å². The van der Waals surface area contributed by atoms with Gasteiger partial charge in [-0.3, -0.25) is 9.20 Å². The van der Waals surface area contributed by atoms with Gasteiger partial charge in [0, 0.05) is 17.7 Å². The highest BCUT2D eigenvalue weighted by Gasteiger charge is 2.36. The summed E-state index contributed by atoms with van der Waals surface area (Å²) in [5, 5.41) is 17.5. The van der Waals surface area contributed by atoms with E-state index in [1.165, 1.54) is 0 Å². The minimum Gasteiger partial charge on any atom is -0.481 e. The molecule has 2 atom stereocenters. The fourth-order valence-corrected chi connectivity index (χ4v) is 2.72. The van der Waals surface area contributed by atoms with Gasteiger partial charge in [-0.05, 0) is 19.8 Å². The van der Waals surface area contributed by atoms with Crippen LogP contribution in [-0.2, 0) is 4.79 Å². The molecule has 6 nitrogen and oxygen atoms in total. The van der Waals surface area contributed by atoms with Crippen LogP contribution in [0.25, 0.3) is 5.65 Å². The van der Waals surface area contributed by atoms with Crippen molar-refractivity contribution in [2.45, 2.75) is 32.1 Å². The molecule has 18 heavy (non-hydrogen) atoms. The third-order valence-electron chi connectivity index (χ3n) is 3.63. The molecule has 0 aromatic carbocycles. The van der Waals surface area contributed by atoms with Gasteiger partial charge in [0.15, 0.2) is 5.65 Å². The monoisotopic (exact) mass is 246 g/mol. The van der Waals surface area contributed by atoms with Crippen LogP contribution < -0.4 is 0 Å². The lowest BCUT2D eigenvalue weighted by Gasteiger charge is -2.13. The fourth-order valence-electron chi connectivity index (χ4n) is 2.72. The molecule has 94 valence electrons. The summed E-state index contributed by atoms with van der Waals surface area (Å²) >= 11 is 0. The van der Waals surface area contributed by atoms with Gasteiger partial charge in [-0.2, -0.15) is 0 Å². The van der Waals surface area contributed by atoms with Crippen LogP contribution in [0.15, 0.2) is 12.4 Å². The van der Waals surface area contributed by atoms with Crippen LogP contribution in [0, 0.1) is 12.8 Å². The smallest absolute Gasteiger partial charge is 0.307 e. The molecule has 0 aliphatic heterocycles. The first-order valence-electron chi connectivity index (χ1n) is 6.07. The van der Waals surface area contributed by atoms with Crippen molar-refractivity contribution in [3.05, 3.63) is 23.9 Å². The highest BCUT2D eigenvalue weighted by Crippen LogP contribution is 2.38. The number of carbonyl (C=O) groups is 1. The van der Waals surface area contributed by atoms with E-state index in [1.54, 1.807) is 10.7 Å². The first kappa shape index (κ1) is 11.1. The predicted molar refractivity (Wildman–Crippen MR) is 63.2 cm³/mol. The van der Waals surface area contributed by atoms with Crippen LogP contribution in [0.4, 0.5) is 0 Å². The average Bonchev–Trinajstić information content (AvgIpc) is 2.92. The topological polar surface area (TPSA) is 80.4 Å². The summed E-state index contributed by atoms with van der Waals surface area (Å²) in [4.78, 5) is 15.4. The Morgan fingerprint density at radius 2 is 2.28 bits per heavy atom. The Hall–Kier alpha value is -1.98. The number of aromatic nitrogens is 4. The highest BCUT2D eigenvalue weighted by molar-refractivity contribution is 5.71. The van der Waals surface area contributed by atoms with E-state index >= 15 is 0 Å². The second-order valence-corrected chi connectivity index (χ2v) is 4.80. The Balaban J connectivity index is 2.06. The molecule has 2 aromatic heterocycles. The molecule has 0 radical (unpaired) electrons. The molecule has 6 heteroatoms. The number of carboxylic acid groups (broad SMARTS) is 1. The maximum atomic E-state index is 11.2. The molecule has 2 aromatic rings. The maximum Gasteiger partial charge on any atom is 0.307 e. The Labute approximate surface area is 104 Å². The average molecular weight is 246 g/mol. The lowest BCUT2D eigenvalue weighted by Crippen LogP contribution is -2.18. The van der Waals surface area contributed by atoms with Crippen LogP contribution >= 0.6 is 0 Å². The van der Waals surface area contributed by atoms with Crippen LogP contribution in [-0.4, -0.2) is 30.7 Å². The summed E-state index contributed by atoms with van der Waals surface area (Å²) in [6, 6.07) is 1.85. The first-order chi connectivity index (χ1) is 8.66. The summed E-state index contributed by atoms with van der Waals surface area (Å²) in [7, 11) is 0. The number of rotatable bonds is 2. The van der Waals surface area contributed by atoms with E-state index in [9.17, 15) is 9.90 Å². The van der Waals surface area contributed by atoms with Crippen LogP contribution in [0.5, 0.6) is 0 Å². The number of hydrogen-bond donors (Lipinski definition) is 1. The van der Waals surface area contributed by atoms with E-state index in [0.717, 1.165) is 30.0 Å². The van der Waals surface area contributed by atoms with E-state index in [4.69, 9.17) is 0 Å². The van der Waals surface area contributed by atoms with Gasteiger partial charge < -0.3 is 5.11 Å². The van der Waals surface area contributed by atoms with Crippen molar-refractivity contribution >= 4 is 11.6 Å². The second kappa shape index (κ2) is 4.04. The van der Waals surface area contributed by atoms with Crippen molar-refractivity contribution in [3.63, 3.8) is 0 Å². The third kappa shape index (κ3) is 1.64. The molecule has 0 saturated heterocycles. The molecule has 0 bridgehead atoms. The quantitative estimate of drug-likeness (QED) is 0.866. The number of hydrogen-bond acceptors (Lipinski definition) is 4. The van der Waals surface area contributed by atoms with Gasteiger partial charge >= 0.3 is 5.97 Å². The molecular formula is C12H14N4O2. The molecule has 1 saturated carbocycles. The minimum absolute atomic E-state index is 0.0537. The van der Waals surface area contributed by atoms with E-state index < -0.39 is 5.97 Å². The summed E-state index contributed by atoms with van der Waals surface area (Å²) in [5.74, 6) is -0.419. The van der Waals surface area contributed by atoms with Gasteiger partial charge in [0.2, 0.25) is 0 Å².